The fourth-order valence-corrected chi connectivity index (χ4v) is 2.77. The summed E-state index contributed by atoms with van der Waals surface area (Å²) in [6.07, 6.45) is 12.7. The molecule has 1 N–H and O–H groups in total. The van der Waals surface area contributed by atoms with Crippen molar-refractivity contribution < 1.29 is 14.6 Å². The van der Waals surface area contributed by atoms with Gasteiger partial charge in [0.05, 0.1) is 11.8 Å². The van der Waals surface area contributed by atoms with Crippen molar-refractivity contribution in [3.05, 3.63) is 66.4 Å². The van der Waals surface area contributed by atoms with E-state index < -0.39 is 5.97 Å². The van der Waals surface area contributed by atoms with Gasteiger partial charge in [0.25, 0.3) is 0 Å². The Morgan fingerprint density at radius 2 is 1.46 bits per heavy atom. The molecule has 0 amide bonds. The van der Waals surface area contributed by atoms with Gasteiger partial charge < -0.3 is 9.84 Å². The Balaban J connectivity index is 1.75. The first-order valence-electron chi connectivity index (χ1n) is 9.46. The van der Waals surface area contributed by atoms with Gasteiger partial charge in [-0.25, -0.2) is 4.79 Å². The maximum absolute atomic E-state index is 10.9. The smallest absolute Gasteiger partial charge is 0.335 e. The first-order valence-corrected chi connectivity index (χ1v) is 9.46. The lowest BCUT2D eigenvalue weighted by molar-refractivity contribution is 0.0697. The van der Waals surface area contributed by atoms with Crippen molar-refractivity contribution in [3.8, 4) is 16.9 Å². The van der Waals surface area contributed by atoms with E-state index >= 15 is 0 Å². The molecular formula is C23H28O3. The van der Waals surface area contributed by atoms with Gasteiger partial charge in [-0.3, -0.25) is 0 Å². The SMILES string of the molecule is CCCCCCCCC=COc1ccc(-c2ccc(C(=O)O)cc2)cc1. The molecule has 0 aromatic heterocycles. The minimum Gasteiger partial charge on any atom is -0.478 e. The van der Waals surface area contributed by atoms with E-state index in [1.165, 1.54) is 38.5 Å². The molecule has 0 bridgehead atoms. The number of carboxylic acids is 1. The van der Waals surface area contributed by atoms with E-state index in [2.05, 4.69) is 13.0 Å². The van der Waals surface area contributed by atoms with Crippen LogP contribution in [0, 0.1) is 0 Å². The summed E-state index contributed by atoms with van der Waals surface area (Å²) in [5, 5.41) is 8.94. The van der Waals surface area contributed by atoms with Crippen LogP contribution in [0.3, 0.4) is 0 Å². The Labute approximate surface area is 156 Å². The van der Waals surface area contributed by atoms with E-state index in [9.17, 15) is 4.79 Å². The number of carboxylic acid groups (broad SMARTS) is 1. The number of hydrogen-bond acceptors (Lipinski definition) is 2. The predicted octanol–water partition coefficient (Wildman–Crippen LogP) is 6.69. The molecule has 0 saturated heterocycles. The summed E-state index contributed by atoms with van der Waals surface area (Å²) in [5.41, 5.74) is 2.31. The van der Waals surface area contributed by atoms with E-state index in [1.807, 2.05) is 36.4 Å². The van der Waals surface area contributed by atoms with Gasteiger partial charge in [0.15, 0.2) is 0 Å². The van der Waals surface area contributed by atoms with Crippen LogP contribution in [-0.2, 0) is 0 Å². The molecule has 3 nitrogen and oxygen atoms in total. The number of hydrogen-bond donors (Lipinski definition) is 1. The molecule has 26 heavy (non-hydrogen) atoms. The molecule has 2 aromatic carbocycles. The Bertz CT molecular complexity index is 684. The van der Waals surface area contributed by atoms with Crippen molar-refractivity contribution in [3.63, 3.8) is 0 Å². The van der Waals surface area contributed by atoms with Gasteiger partial charge in [0.2, 0.25) is 0 Å². The molecule has 0 spiro atoms. The highest BCUT2D eigenvalue weighted by atomic mass is 16.5. The summed E-state index contributed by atoms with van der Waals surface area (Å²) in [7, 11) is 0. The van der Waals surface area contributed by atoms with Crippen LogP contribution in [0.15, 0.2) is 60.9 Å². The highest BCUT2D eigenvalue weighted by Gasteiger charge is 2.03. The average Bonchev–Trinajstić information content (AvgIpc) is 2.67. The molecule has 0 fully saturated rings. The maximum atomic E-state index is 10.9. The number of benzene rings is 2. The molecule has 0 aliphatic carbocycles. The monoisotopic (exact) mass is 352 g/mol. The van der Waals surface area contributed by atoms with E-state index in [0.717, 1.165) is 23.3 Å². The highest BCUT2D eigenvalue weighted by molar-refractivity contribution is 5.88. The summed E-state index contributed by atoms with van der Waals surface area (Å²) in [5.74, 6) is -0.108. The second-order valence-electron chi connectivity index (χ2n) is 6.45. The minimum atomic E-state index is -0.909. The van der Waals surface area contributed by atoms with Gasteiger partial charge in [-0.15, -0.1) is 0 Å². The van der Waals surface area contributed by atoms with Gasteiger partial charge in [0.1, 0.15) is 5.75 Å². The molecular weight excluding hydrogens is 324 g/mol. The van der Waals surface area contributed by atoms with Crippen LogP contribution in [-0.4, -0.2) is 11.1 Å². The maximum Gasteiger partial charge on any atom is 0.335 e. The third-order valence-electron chi connectivity index (χ3n) is 4.34. The first kappa shape index (κ1) is 19.8. The van der Waals surface area contributed by atoms with Crippen molar-refractivity contribution in [1.29, 1.82) is 0 Å². The molecule has 0 unspecified atom stereocenters. The van der Waals surface area contributed by atoms with Crippen LogP contribution in [0.4, 0.5) is 0 Å². The van der Waals surface area contributed by atoms with Crippen LogP contribution >= 0.6 is 0 Å². The number of rotatable bonds is 11. The quantitative estimate of drug-likeness (QED) is 0.362. The van der Waals surface area contributed by atoms with Crippen LogP contribution in [0.2, 0.25) is 0 Å². The lowest BCUT2D eigenvalue weighted by Crippen LogP contribution is -1.94. The Morgan fingerprint density at radius 1 is 0.885 bits per heavy atom. The van der Waals surface area contributed by atoms with Crippen molar-refractivity contribution in [2.24, 2.45) is 0 Å². The largest absolute Gasteiger partial charge is 0.478 e. The number of ether oxygens (including phenoxy) is 1. The Hall–Kier alpha value is -2.55. The second-order valence-corrected chi connectivity index (χ2v) is 6.45. The third-order valence-corrected chi connectivity index (χ3v) is 4.34. The van der Waals surface area contributed by atoms with Crippen LogP contribution in [0.5, 0.6) is 5.75 Å². The highest BCUT2D eigenvalue weighted by Crippen LogP contribution is 2.23. The Kier molecular flexibility index (Phi) is 8.47. The standard InChI is InChI=1S/C23H28O3/c1-2-3-4-5-6-7-8-9-18-26-22-16-14-20(15-17-22)19-10-12-21(13-11-19)23(24)25/h9-18H,2-8H2,1H3,(H,24,25). The number of allylic oxidation sites excluding steroid dienone is 1. The van der Waals surface area contributed by atoms with Crippen LogP contribution in [0.25, 0.3) is 11.1 Å². The zero-order valence-electron chi connectivity index (χ0n) is 15.5. The molecule has 138 valence electrons. The molecule has 3 heteroatoms. The fraction of sp³-hybridized carbons (Fsp3) is 0.348. The molecule has 0 heterocycles. The first-order chi connectivity index (χ1) is 12.7. The molecule has 0 aliphatic rings. The molecule has 2 rings (SSSR count). The summed E-state index contributed by atoms with van der Waals surface area (Å²) in [6.45, 7) is 2.24. The lowest BCUT2D eigenvalue weighted by atomic mass is 10.0. The third kappa shape index (κ3) is 6.75. The van der Waals surface area contributed by atoms with Crippen LogP contribution in [0.1, 0.15) is 62.2 Å². The molecule has 0 saturated carbocycles. The summed E-state index contributed by atoms with van der Waals surface area (Å²) >= 11 is 0. The van der Waals surface area contributed by atoms with E-state index in [-0.39, 0.29) is 0 Å². The summed E-state index contributed by atoms with van der Waals surface area (Å²) in [4.78, 5) is 10.9. The van der Waals surface area contributed by atoms with E-state index in [0.29, 0.717) is 5.56 Å². The Morgan fingerprint density at radius 3 is 2.08 bits per heavy atom. The number of aromatic carboxylic acids is 1. The summed E-state index contributed by atoms with van der Waals surface area (Å²) < 4.78 is 5.63. The van der Waals surface area contributed by atoms with Crippen LogP contribution < -0.4 is 4.74 Å². The van der Waals surface area contributed by atoms with E-state index in [4.69, 9.17) is 9.84 Å². The van der Waals surface area contributed by atoms with Crippen molar-refractivity contribution in [2.45, 2.75) is 51.9 Å². The van der Waals surface area contributed by atoms with Gasteiger partial charge in [0, 0.05) is 0 Å². The topological polar surface area (TPSA) is 46.5 Å². The molecule has 0 aliphatic heterocycles. The zero-order chi connectivity index (χ0) is 18.6. The van der Waals surface area contributed by atoms with Crippen molar-refractivity contribution in [2.75, 3.05) is 0 Å². The lowest BCUT2D eigenvalue weighted by Gasteiger charge is -2.05. The molecule has 2 aromatic rings. The van der Waals surface area contributed by atoms with Crippen molar-refractivity contribution in [1.82, 2.24) is 0 Å². The zero-order valence-corrected chi connectivity index (χ0v) is 15.5. The average molecular weight is 352 g/mol. The van der Waals surface area contributed by atoms with E-state index in [1.54, 1.807) is 18.4 Å². The molecule has 0 radical (unpaired) electrons. The normalized spacial score (nSPS) is 11.0. The van der Waals surface area contributed by atoms with Gasteiger partial charge >= 0.3 is 5.97 Å². The molecule has 0 atom stereocenters. The second kappa shape index (κ2) is 11.1. The fourth-order valence-electron chi connectivity index (χ4n) is 2.77. The predicted molar refractivity (Wildman–Crippen MR) is 107 cm³/mol. The van der Waals surface area contributed by atoms with Gasteiger partial charge in [-0.05, 0) is 54.3 Å². The minimum absolute atomic E-state index is 0.296. The van der Waals surface area contributed by atoms with Gasteiger partial charge in [-0.2, -0.15) is 0 Å². The summed E-state index contributed by atoms with van der Waals surface area (Å²) in [6, 6.07) is 14.7. The van der Waals surface area contributed by atoms with Gasteiger partial charge in [-0.1, -0.05) is 63.3 Å². The van der Waals surface area contributed by atoms with Crippen molar-refractivity contribution >= 4 is 5.97 Å². The number of unbranched alkanes of at least 4 members (excludes halogenated alkanes) is 6. The number of carbonyl (C=O) groups is 1.